The number of thioether (sulfide) groups is 1. The maximum atomic E-state index is 12.2. The highest BCUT2D eigenvalue weighted by atomic mass is 32.2. The molecule has 1 aliphatic carbocycles. The lowest BCUT2D eigenvalue weighted by molar-refractivity contribution is -0.120. The van der Waals surface area contributed by atoms with Gasteiger partial charge in [-0.15, -0.1) is 0 Å². The smallest absolute Gasteiger partial charge is 0.251 e. The Morgan fingerprint density at radius 1 is 1.42 bits per heavy atom. The number of H-pyrrole nitrogens is 1. The van der Waals surface area contributed by atoms with Crippen LogP contribution in [0.15, 0.2) is 27.7 Å². The van der Waals surface area contributed by atoms with Crippen LogP contribution in [-0.2, 0) is 11.2 Å². The molecule has 1 amide bonds. The van der Waals surface area contributed by atoms with Gasteiger partial charge in [0.1, 0.15) is 0 Å². The lowest BCUT2D eigenvalue weighted by atomic mass is 9.97. The number of carbonyl (C=O) groups excluding carboxylic acids is 1. The monoisotopic (exact) mass is 349 g/mol. The van der Waals surface area contributed by atoms with Crippen LogP contribution in [0.4, 0.5) is 0 Å². The molecule has 5 nitrogen and oxygen atoms in total. The molecule has 1 aliphatic rings. The Balaban J connectivity index is 1.82. The van der Waals surface area contributed by atoms with Crippen molar-refractivity contribution >= 4 is 17.7 Å². The summed E-state index contributed by atoms with van der Waals surface area (Å²) >= 11 is 1.30. The van der Waals surface area contributed by atoms with Crippen LogP contribution in [0.2, 0.25) is 0 Å². The molecule has 0 radical (unpaired) electrons. The van der Waals surface area contributed by atoms with Gasteiger partial charge in [0, 0.05) is 18.3 Å². The van der Waals surface area contributed by atoms with E-state index in [4.69, 9.17) is 0 Å². The molecule has 1 atom stereocenters. The van der Waals surface area contributed by atoms with Crippen molar-refractivity contribution in [1.82, 2.24) is 15.3 Å². The van der Waals surface area contributed by atoms with Gasteiger partial charge >= 0.3 is 0 Å². The Morgan fingerprint density at radius 2 is 2.25 bits per heavy atom. The van der Waals surface area contributed by atoms with Gasteiger partial charge in [-0.1, -0.05) is 36.8 Å². The zero-order valence-corrected chi connectivity index (χ0v) is 15.4. The summed E-state index contributed by atoms with van der Waals surface area (Å²) in [7, 11) is 0. The molecule has 6 heteroatoms. The van der Waals surface area contributed by atoms with E-state index in [1.165, 1.54) is 42.7 Å². The van der Waals surface area contributed by atoms with Crippen molar-refractivity contribution in [2.45, 2.75) is 69.2 Å². The van der Waals surface area contributed by atoms with Gasteiger partial charge in [0.2, 0.25) is 5.91 Å². The summed E-state index contributed by atoms with van der Waals surface area (Å²) in [6.45, 7) is 4.56. The topological polar surface area (TPSA) is 74.8 Å². The molecular weight excluding hydrogens is 322 g/mol. The van der Waals surface area contributed by atoms with Gasteiger partial charge < -0.3 is 10.3 Å². The number of aryl methyl sites for hydroxylation is 1. The number of nitrogens with one attached hydrogen (secondary N) is 2. The molecule has 0 saturated heterocycles. The lowest BCUT2D eigenvalue weighted by Crippen LogP contribution is -2.32. The van der Waals surface area contributed by atoms with Crippen LogP contribution in [0.25, 0.3) is 0 Å². The summed E-state index contributed by atoms with van der Waals surface area (Å²) in [4.78, 5) is 31.0. The first-order valence-corrected chi connectivity index (χ1v) is 9.69. The van der Waals surface area contributed by atoms with Crippen LogP contribution in [0.3, 0.4) is 0 Å². The van der Waals surface area contributed by atoms with E-state index >= 15 is 0 Å². The number of hydrogen-bond acceptors (Lipinski definition) is 4. The molecule has 1 aromatic heterocycles. The Labute approximate surface area is 147 Å². The van der Waals surface area contributed by atoms with Gasteiger partial charge in [0.25, 0.3) is 5.56 Å². The fraction of sp³-hybridized carbons (Fsp3) is 0.611. The number of hydrogen-bond donors (Lipinski definition) is 2. The average Bonchev–Trinajstić information content (AvgIpc) is 2.55. The van der Waals surface area contributed by atoms with Gasteiger partial charge in [-0.25, -0.2) is 4.98 Å². The number of amides is 1. The second kappa shape index (κ2) is 9.67. The van der Waals surface area contributed by atoms with Gasteiger partial charge in [-0.3, -0.25) is 9.59 Å². The number of nitrogens with zero attached hydrogens (tertiary/aromatic N) is 1. The van der Waals surface area contributed by atoms with Crippen LogP contribution >= 0.6 is 11.8 Å². The first-order valence-electron chi connectivity index (χ1n) is 8.81. The third kappa shape index (κ3) is 6.15. The minimum Gasteiger partial charge on any atom is -0.355 e. The first-order chi connectivity index (χ1) is 11.6. The van der Waals surface area contributed by atoms with Crippen LogP contribution in [0, 0.1) is 0 Å². The molecule has 132 valence electrons. The molecule has 0 saturated carbocycles. The quantitative estimate of drug-likeness (QED) is 0.429. The molecule has 0 bridgehead atoms. The molecule has 0 spiro atoms. The largest absolute Gasteiger partial charge is 0.355 e. The fourth-order valence-corrected chi connectivity index (χ4v) is 3.62. The van der Waals surface area contributed by atoms with E-state index < -0.39 is 0 Å². The molecule has 1 aromatic rings. The van der Waals surface area contributed by atoms with Gasteiger partial charge in [-0.05, 0) is 45.4 Å². The molecule has 2 N–H and O–H groups in total. The van der Waals surface area contributed by atoms with Crippen molar-refractivity contribution in [3.8, 4) is 0 Å². The Hall–Kier alpha value is -1.56. The van der Waals surface area contributed by atoms with E-state index in [1.54, 1.807) is 0 Å². The fourth-order valence-electron chi connectivity index (χ4n) is 2.77. The van der Waals surface area contributed by atoms with E-state index in [2.05, 4.69) is 21.4 Å². The van der Waals surface area contributed by atoms with Gasteiger partial charge in [0.05, 0.1) is 5.25 Å². The lowest BCUT2D eigenvalue weighted by Gasteiger charge is -2.15. The molecular formula is C18H27N3O2S. The summed E-state index contributed by atoms with van der Waals surface area (Å²) in [5.41, 5.74) is 2.08. The van der Waals surface area contributed by atoms with E-state index in [-0.39, 0.29) is 16.7 Å². The van der Waals surface area contributed by atoms with Gasteiger partial charge in [-0.2, -0.15) is 0 Å². The summed E-state index contributed by atoms with van der Waals surface area (Å²) in [5, 5.41) is 3.21. The average molecular weight is 350 g/mol. The predicted molar refractivity (Wildman–Crippen MR) is 98.3 cm³/mol. The van der Waals surface area contributed by atoms with E-state index in [9.17, 15) is 9.59 Å². The number of aromatic nitrogens is 2. The Morgan fingerprint density at radius 3 is 2.96 bits per heavy atom. The normalized spacial score (nSPS) is 15.7. The minimum absolute atomic E-state index is 0.0139. The van der Waals surface area contributed by atoms with Crippen molar-refractivity contribution < 1.29 is 4.79 Å². The Bertz CT molecular complexity index is 639. The molecule has 0 fully saturated rings. The van der Waals surface area contributed by atoms with E-state index in [0.29, 0.717) is 11.7 Å². The number of carbonyl (C=O) groups is 1. The van der Waals surface area contributed by atoms with Crippen molar-refractivity contribution in [3.63, 3.8) is 0 Å². The zero-order chi connectivity index (χ0) is 17.4. The highest BCUT2D eigenvalue weighted by Gasteiger charge is 2.16. The first kappa shape index (κ1) is 18.8. The maximum absolute atomic E-state index is 12.2. The van der Waals surface area contributed by atoms with Crippen LogP contribution in [0.1, 0.15) is 58.1 Å². The van der Waals surface area contributed by atoms with Crippen LogP contribution in [0.5, 0.6) is 0 Å². The number of allylic oxidation sites excluding steroid dienone is 1. The zero-order valence-electron chi connectivity index (χ0n) is 14.6. The van der Waals surface area contributed by atoms with Crippen molar-refractivity contribution in [2.75, 3.05) is 6.54 Å². The van der Waals surface area contributed by atoms with E-state index in [1.807, 2.05) is 13.8 Å². The number of aromatic amines is 1. The van der Waals surface area contributed by atoms with Crippen molar-refractivity contribution in [1.29, 1.82) is 0 Å². The highest BCUT2D eigenvalue weighted by molar-refractivity contribution is 8.00. The number of rotatable bonds is 8. The molecule has 0 aliphatic heterocycles. The third-order valence-electron chi connectivity index (χ3n) is 4.07. The van der Waals surface area contributed by atoms with Crippen LogP contribution < -0.4 is 10.9 Å². The summed E-state index contributed by atoms with van der Waals surface area (Å²) in [5.74, 6) is -0.0139. The SMILES string of the molecule is CCCc1cc(=O)[nH]c(SC(C)C(=O)NCCC2=CCCCC2)n1. The van der Waals surface area contributed by atoms with Crippen molar-refractivity contribution in [3.05, 3.63) is 33.8 Å². The third-order valence-corrected chi connectivity index (χ3v) is 5.05. The summed E-state index contributed by atoms with van der Waals surface area (Å²) in [6, 6.07) is 1.52. The Kier molecular flexibility index (Phi) is 7.56. The molecule has 0 aromatic carbocycles. The van der Waals surface area contributed by atoms with Crippen molar-refractivity contribution in [2.24, 2.45) is 0 Å². The minimum atomic E-state index is -0.287. The predicted octanol–water partition coefficient (Wildman–Crippen LogP) is 3.21. The molecule has 24 heavy (non-hydrogen) atoms. The summed E-state index contributed by atoms with van der Waals surface area (Å²) in [6.07, 6.45) is 9.83. The maximum Gasteiger partial charge on any atom is 0.251 e. The second-order valence-electron chi connectivity index (χ2n) is 6.20. The second-order valence-corrected chi connectivity index (χ2v) is 7.53. The molecule has 1 unspecified atom stereocenters. The summed E-state index contributed by atoms with van der Waals surface area (Å²) < 4.78 is 0. The highest BCUT2D eigenvalue weighted by Crippen LogP contribution is 2.20. The van der Waals surface area contributed by atoms with Gasteiger partial charge in [0.15, 0.2) is 5.16 Å². The van der Waals surface area contributed by atoms with E-state index in [0.717, 1.165) is 31.4 Å². The standard InChI is InChI=1S/C18H27N3O2S/c1-3-7-15-12-16(22)21-18(20-15)24-13(2)17(23)19-11-10-14-8-5-4-6-9-14/h8,12-13H,3-7,9-11H2,1-2H3,(H,19,23)(H,20,21,22). The molecule has 2 rings (SSSR count). The van der Waals surface area contributed by atoms with Crippen LogP contribution in [-0.4, -0.2) is 27.7 Å². The molecule has 1 heterocycles.